The Bertz CT molecular complexity index is 1250. The molecule has 14 nitrogen and oxygen atoms in total. The van der Waals surface area contributed by atoms with Gasteiger partial charge in [-0.3, -0.25) is 18.7 Å². The Morgan fingerprint density at radius 1 is 1.09 bits per heavy atom. The first kappa shape index (κ1) is 38.5. The second kappa shape index (κ2) is 16.7. The first-order valence-corrected chi connectivity index (χ1v) is 17.5. The van der Waals surface area contributed by atoms with E-state index in [-0.39, 0.29) is 18.3 Å². The predicted octanol–water partition coefficient (Wildman–Crippen LogP) is 3.33. The highest BCUT2D eigenvalue weighted by Gasteiger charge is 2.59. The molecular weight excluding hydrogens is 644 g/mol. The number of hydrogen-bond donors (Lipinski definition) is 6. The van der Waals surface area contributed by atoms with Crippen LogP contribution in [-0.2, 0) is 34.1 Å². The van der Waals surface area contributed by atoms with Crippen LogP contribution in [0.3, 0.4) is 0 Å². The Hall–Kier alpha value is -2.71. The molecule has 2 amide bonds. The average Bonchev–Trinajstić information content (AvgIpc) is 3.30. The number of nitrogens with one attached hydrogen (secondary N) is 1. The molecule has 1 aliphatic rings. The summed E-state index contributed by atoms with van der Waals surface area (Å²) in [6, 6.07) is 5.84. The van der Waals surface area contributed by atoms with Crippen LogP contribution in [0.25, 0.3) is 0 Å². The number of unbranched alkanes of at least 4 members (excludes halogenated alkanes) is 3. The molecule has 6 N–H and O–H groups in total. The van der Waals surface area contributed by atoms with E-state index in [1.54, 1.807) is 6.92 Å². The van der Waals surface area contributed by atoms with Crippen molar-refractivity contribution >= 4 is 33.2 Å². The molecule has 0 bridgehead atoms. The number of ether oxygens (including phenoxy) is 2. The van der Waals surface area contributed by atoms with Gasteiger partial charge in [-0.1, -0.05) is 49.2 Å². The summed E-state index contributed by atoms with van der Waals surface area (Å²) in [4.78, 5) is 74.9. The number of hydrogen-bond acceptors (Lipinski definition) is 8. The minimum absolute atomic E-state index is 0.177. The molecule has 1 saturated heterocycles. The van der Waals surface area contributed by atoms with Crippen molar-refractivity contribution in [2.75, 3.05) is 19.7 Å². The number of amides is 2. The van der Waals surface area contributed by atoms with Crippen LogP contribution in [0.1, 0.15) is 63.9 Å². The summed E-state index contributed by atoms with van der Waals surface area (Å²) in [5.41, 5.74) is -0.507. The molecule has 0 spiro atoms. The standard InChI is InChI=1S/C27H40F2N2O12P2/c1-2-42-24(33)12-8-3-4-9-19-31-21(14-16-23(31)32)13-15-22(27(28,29)20-10-6-5-7-11-20)43-25(34)30-18-17-26(35,44(36,37)38)45(39,40)41/h5-7,10-11,13,15,21-22,35H,2-4,8-9,12,14,16-19H2,1H3,(H,30,34)(H2,36,37,38)(H2,39,40,41)/b15-13+/t21-,22+/m0/s1. The number of benzene rings is 1. The summed E-state index contributed by atoms with van der Waals surface area (Å²) < 4.78 is 64.0. The smallest absolute Gasteiger partial charge is 0.407 e. The summed E-state index contributed by atoms with van der Waals surface area (Å²) in [5, 5.41) is 8.01. The van der Waals surface area contributed by atoms with Gasteiger partial charge in [0.2, 0.25) is 5.91 Å². The molecule has 2 atom stereocenters. The Morgan fingerprint density at radius 3 is 2.31 bits per heavy atom. The minimum Gasteiger partial charge on any atom is -0.466 e. The van der Waals surface area contributed by atoms with E-state index in [4.69, 9.17) is 9.47 Å². The second-order valence-electron chi connectivity index (χ2n) is 10.4. The molecule has 1 aromatic rings. The number of esters is 1. The van der Waals surface area contributed by atoms with E-state index >= 15 is 8.78 Å². The molecule has 1 aliphatic heterocycles. The van der Waals surface area contributed by atoms with Crippen LogP contribution in [0.15, 0.2) is 42.5 Å². The van der Waals surface area contributed by atoms with Crippen molar-refractivity contribution < 1.29 is 66.4 Å². The largest absolute Gasteiger partial charge is 0.466 e. The third-order valence-corrected chi connectivity index (χ3v) is 11.0. The zero-order valence-electron chi connectivity index (χ0n) is 24.7. The SMILES string of the molecule is CCOC(=O)CCCCCCN1C(=O)CC[C@@H]1/C=C/[C@@H](OC(=O)NCCC(O)(P(=O)(O)O)P(=O)(O)O)C(F)(F)c1ccccc1. The highest BCUT2D eigenvalue weighted by atomic mass is 31.2. The van der Waals surface area contributed by atoms with Gasteiger partial charge in [0.25, 0.3) is 5.08 Å². The normalized spacial score (nSPS) is 17.0. The van der Waals surface area contributed by atoms with Crippen LogP contribution in [-0.4, -0.2) is 84.5 Å². The Kier molecular flexibility index (Phi) is 14.3. The number of nitrogens with zero attached hydrogens (tertiary/aromatic N) is 1. The Labute approximate surface area is 259 Å². The first-order valence-electron chi connectivity index (χ1n) is 14.3. The molecule has 1 aromatic carbocycles. The fourth-order valence-corrected chi connectivity index (χ4v) is 6.79. The molecule has 0 saturated carbocycles. The van der Waals surface area contributed by atoms with Crippen LogP contribution >= 0.6 is 15.2 Å². The van der Waals surface area contributed by atoms with E-state index in [1.165, 1.54) is 29.2 Å². The molecule has 254 valence electrons. The van der Waals surface area contributed by atoms with E-state index in [0.29, 0.717) is 38.8 Å². The van der Waals surface area contributed by atoms with Gasteiger partial charge in [0.15, 0.2) is 6.10 Å². The van der Waals surface area contributed by atoms with Crippen LogP contribution in [0.2, 0.25) is 0 Å². The minimum atomic E-state index is -5.80. The number of likely N-dealkylation sites (tertiary alicyclic amines) is 1. The summed E-state index contributed by atoms with van der Waals surface area (Å²) in [5.74, 6) is -4.25. The predicted molar refractivity (Wildman–Crippen MR) is 156 cm³/mol. The van der Waals surface area contributed by atoms with Crippen molar-refractivity contribution in [3.05, 3.63) is 48.0 Å². The summed E-state index contributed by atoms with van der Waals surface area (Å²) in [6.07, 6.45) is 0.675. The summed E-state index contributed by atoms with van der Waals surface area (Å²) >= 11 is 0. The van der Waals surface area contributed by atoms with Gasteiger partial charge in [-0.15, -0.1) is 0 Å². The van der Waals surface area contributed by atoms with E-state index in [1.807, 2.05) is 5.32 Å². The first-order chi connectivity index (χ1) is 20.9. The number of halogens is 2. The zero-order chi connectivity index (χ0) is 33.9. The van der Waals surface area contributed by atoms with Crippen molar-refractivity contribution in [3.63, 3.8) is 0 Å². The van der Waals surface area contributed by atoms with Crippen molar-refractivity contribution in [2.45, 2.75) is 81.4 Å². The number of alkyl halides is 2. The van der Waals surface area contributed by atoms with Gasteiger partial charge in [-0.25, -0.2) is 4.79 Å². The lowest BCUT2D eigenvalue weighted by Crippen LogP contribution is -2.40. The number of rotatable bonds is 18. The topological polar surface area (TPSA) is 220 Å². The number of aliphatic hydroxyl groups is 1. The van der Waals surface area contributed by atoms with E-state index in [0.717, 1.165) is 31.1 Å². The lowest BCUT2D eigenvalue weighted by molar-refractivity contribution is -0.143. The molecule has 2 rings (SSSR count). The maximum atomic E-state index is 15.6. The van der Waals surface area contributed by atoms with Gasteiger partial charge < -0.3 is 44.4 Å². The fourth-order valence-electron chi connectivity index (χ4n) is 4.62. The highest BCUT2D eigenvalue weighted by Crippen LogP contribution is 2.68. The van der Waals surface area contributed by atoms with Crippen LogP contribution in [0.5, 0.6) is 0 Å². The van der Waals surface area contributed by atoms with Crippen LogP contribution < -0.4 is 5.32 Å². The highest BCUT2D eigenvalue weighted by molar-refractivity contribution is 7.72. The lowest BCUT2D eigenvalue weighted by Gasteiger charge is -2.29. The zero-order valence-corrected chi connectivity index (χ0v) is 26.5. The molecule has 1 heterocycles. The Morgan fingerprint density at radius 2 is 1.71 bits per heavy atom. The fraction of sp³-hybridized carbons (Fsp3) is 0.593. The van der Waals surface area contributed by atoms with Crippen LogP contribution in [0.4, 0.5) is 13.6 Å². The van der Waals surface area contributed by atoms with Gasteiger partial charge in [-0.05, 0) is 32.3 Å². The van der Waals surface area contributed by atoms with Crippen molar-refractivity contribution in [2.24, 2.45) is 0 Å². The van der Waals surface area contributed by atoms with E-state index < -0.39 is 63.0 Å². The number of carbonyl (C=O) groups is 3. The van der Waals surface area contributed by atoms with Crippen molar-refractivity contribution in [3.8, 4) is 0 Å². The van der Waals surface area contributed by atoms with Gasteiger partial charge in [-0.2, -0.15) is 8.78 Å². The third kappa shape index (κ3) is 11.0. The summed E-state index contributed by atoms with van der Waals surface area (Å²) in [7, 11) is -11.6. The Balaban J connectivity index is 2.11. The molecule has 1 fully saturated rings. The molecule has 0 radical (unpaired) electrons. The second-order valence-corrected chi connectivity index (χ2v) is 14.4. The van der Waals surface area contributed by atoms with E-state index in [9.17, 15) is 48.2 Å². The third-order valence-electron chi connectivity index (χ3n) is 7.13. The van der Waals surface area contributed by atoms with E-state index in [2.05, 4.69) is 0 Å². The maximum absolute atomic E-state index is 15.6. The number of carbonyl (C=O) groups excluding carboxylic acids is 3. The quantitative estimate of drug-likeness (QED) is 0.0568. The molecule has 0 aromatic heterocycles. The molecular formula is C27H40F2N2O12P2. The van der Waals surface area contributed by atoms with Gasteiger partial charge in [0, 0.05) is 37.9 Å². The number of alkyl carbamates (subject to hydrolysis) is 1. The maximum Gasteiger partial charge on any atom is 0.407 e. The van der Waals surface area contributed by atoms with Crippen LogP contribution in [0, 0.1) is 0 Å². The lowest BCUT2D eigenvalue weighted by atomic mass is 10.0. The molecule has 0 unspecified atom stereocenters. The molecule has 18 heteroatoms. The van der Waals surface area contributed by atoms with Crippen molar-refractivity contribution in [1.82, 2.24) is 10.2 Å². The summed E-state index contributed by atoms with van der Waals surface area (Å²) in [6.45, 7) is 1.42. The van der Waals surface area contributed by atoms with Crippen molar-refractivity contribution in [1.29, 1.82) is 0 Å². The molecule has 0 aliphatic carbocycles. The monoisotopic (exact) mass is 684 g/mol. The average molecular weight is 685 g/mol. The van der Waals surface area contributed by atoms with Gasteiger partial charge in [0.1, 0.15) is 0 Å². The van der Waals surface area contributed by atoms with Gasteiger partial charge >= 0.3 is 33.2 Å². The molecule has 45 heavy (non-hydrogen) atoms. The van der Waals surface area contributed by atoms with Gasteiger partial charge in [0.05, 0.1) is 12.6 Å².